The molecule has 1 aliphatic rings. The van der Waals surface area contributed by atoms with Gasteiger partial charge < -0.3 is 10.4 Å². The first-order valence-corrected chi connectivity index (χ1v) is 8.57. The van der Waals surface area contributed by atoms with E-state index in [2.05, 4.69) is 5.32 Å². The van der Waals surface area contributed by atoms with Crippen LogP contribution in [0, 0.1) is 5.82 Å². The maximum Gasteiger partial charge on any atom is 0.317 e. The number of benzene rings is 2. The average molecular weight is 356 g/mol. The maximum absolute atomic E-state index is 12.9. The summed E-state index contributed by atoms with van der Waals surface area (Å²) >= 11 is 0. The van der Waals surface area contributed by atoms with E-state index in [0.717, 1.165) is 16.7 Å². The second kappa shape index (κ2) is 8.10. The second-order valence-electron chi connectivity index (χ2n) is 6.45. The predicted molar refractivity (Wildman–Crippen MR) is 95.1 cm³/mol. The number of fused-ring (bicyclic) bond motifs is 1. The molecule has 1 heterocycles. The van der Waals surface area contributed by atoms with Gasteiger partial charge in [-0.05, 0) is 41.7 Å². The summed E-state index contributed by atoms with van der Waals surface area (Å²) in [5.74, 6) is -1.42. The van der Waals surface area contributed by atoms with Crippen LogP contribution in [0.3, 0.4) is 0 Å². The number of rotatable bonds is 6. The van der Waals surface area contributed by atoms with Gasteiger partial charge in [-0.2, -0.15) is 0 Å². The molecule has 0 saturated heterocycles. The van der Waals surface area contributed by atoms with E-state index in [1.165, 1.54) is 12.1 Å². The van der Waals surface area contributed by atoms with Crippen LogP contribution in [0.4, 0.5) is 4.39 Å². The van der Waals surface area contributed by atoms with Gasteiger partial charge in [-0.15, -0.1) is 0 Å². The lowest BCUT2D eigenvalue weighted by Crippen LogP contribution is -2.52. The van der Waals surface area contributed by atoms with Crippen molar-refractivity contribution in [3.63, 3.8) is 0 Å². The fourth-order valence-electron chi connectivity index (χ4n) is 3.27. The highest BCUT2D eigenvalue weighted by Gasteiger charge is 2.32. The molecule has 2 N–H and O–H groups in total. The van der Waals surface area contributed by atoms with Crippen molar-refractivity contribution in [2.45, 2.75) is 25.4 Å². The number of carbonyl (C=O) groups is 2. The highest BCUT2D eigenvalue weighted by Crippen LogP contribution is 2.23. The topological polar surface area (TPSA) is 69.6 Å². The number of carbonyl (C=O) groups excluding carboxylic acids is 1. The molecule has 0 radical (unpaired) electrons. The van der Waals surface area contributed by atoms with Crippen LogP contribution < -0.4 is 5.32 Å². The predicted octanol–water partition coefficient (Wildman–Crippen LogP) is 2.00. The zero-order valence-corrected chi connectivity index (χ0v) is 14.3. The molecule has 0 bridgehead atoms. The average Bonchev–Trinajstić information content (AvgIpc) is 2.62. The first-order chi connectivity index (χ1) is 12.5. The van der Waals surface area contributed by atoms with Crippen molar-refractivity contribution in [3.05, 3.63) is 71.0 Å². The molecule has 5 nitrogen and oxygen atoms in total. The summed E-state index contributed by atoms with van der Waals surface area (Å²) in [6, 6.07) is 13.4. The molecule has 2 aromatic carbocycles. The number of hydrogen-bond donors (Lipinski definition) is 2. The Morgan fingerprint density at radius 2 is 1.81 bits per heavy atom. The zero-order valence-electron chi connectivity index (χ0n) is 14.3. The number of amides is 1. The fourth-order valence-corrected chi connectivity index (χ4v) is 3.27. The van der Waals surface area contributed by atoms with Crippen LogP contribution >= 0.6 is 0 Å². The minimum atomic E-state index is -0.950. The molecule has 136 valence electrons. The largest absolute Gasteiger partial charge is 0.480 e. The number of aliphatic carboxylic acids is 1. The van der Waals surface area contributed by atoms with Gasteiger partial charge in [0.2, 0.25) is 5.91 Å². The number of hydrogen-bond acceptors (Lipinski definition) is 3. The van der Waals surface area contributed by atoms with Gasteiger partial charge in [-0.1, -0.05) is 36.4 Å². The van der Waals surface area contributed by atoms with Crippen molar-refractivity contribution in [1.29, 1.82) is 0 Å². The lowest BCUT2D eigenvalue weighted by molar-refractivity contribution is -0.140. The summed E-state index contributed by atoms with van der Waals surface area (Å²) in [6.45, 7) is 0.687. The first kappa shape index (κ1) is 18.1. The molecule has 0 aliphatic carbocycles. The Labute approximate surface area is 151 Å². The minimum Gasteiger partial charge on any atom is -0.480 e. The quantitative estimate of drug-likeness (QED) is 0.831. The van der Waals surface area contributed by atoms with Gasteiger partial charge in [0.25, 0.3) is 0 Å². The third kappa shape index (κ3) is 4.46. The Morgan fingerprint density at radius 3 is 2.50 bits per heavy atom. The lowest BCUT2D eigenvalue weighted by Gasteiger charge is -2.34. The minimum absolute atomic E-state index is 0.176. The zero-order chi connectivity index (χ0) is 18.5. The molecule has 0 spiro atoms. The first-order valence-electron chi connectivity index (χ1n) is 8.57. The van der Waals surface area contributed by atoms with Crippen molar-refractivity contribution in [2.75, 3.05) is 13.1 Å². The summed E-state index contributed by atoms with van der Waals surface area (Å²) in [5.41, 5.74) is 3.07. The third-order valence-corrected chi connectivity index (χ3v) is 4.61. The second-order valence-corrected chi connectivity index (χ2v) is 6.45. The van der Waals surface area contributed by atoms with E-state index in [1.807, 2.05) is 24.3 Å². The Hall–Kier alpha value is -2.73. The Kier molecular flexibility index (Phi) is 5.63. The van der Waals surface area contributed by atoms with Gasteiger partial charge in [0.15, 0.2) is 0 Å². The molecular formula is C20H21FN2O3. The molecule has 6 heteroatoms. The van der Waals surface area contributed by atoms with Crippen LogP contribution in [0.25, 0.3) is 0 Å². The number of carboxylic acid groups (broad SMARTS) is 1. The van der Waals surface area contributed by atoms with Gasteiger partial charge in [0.1, 0.15) is 5.82 Å². The molecule has 0 unspecified atom stereocenters. The molecule has 26 heavy (non-hydrogen) atoms. The van der Waals surface area contributed by atoms with Crippen molar-refractivity contribution < 1.29 is 19.1 Å². The van der Waals surface area contributed by atoms with Gasteiger partial charge in [-0.25, -0.2) is 4.39 Å². The molecule has 1 atom stereocenters. The number of nitrogens with one attached hydrogen (secondary N) is 1. The van der Waals surface area contributed by atoms with Crippen LogP contribution in [0.15, 0.2) is 48.5 Å². The van der Waals surface area contributed by atoms with E-state index in [4.69, 9.17) is 5.11 Å². The molecule has 1 amide bonds. The molecule has 1 aliphatic heterocycles. The Bertz CT molecular complexity index is 792. The van der Waals surface area contributed by atoms with E-state index in [0.29, 0.717) is 25.9 Å². The third-order valence-electron chi connectivity index (χ3n) is 4.61. The van der Waals surface area contributed by atoms with Crippen LogP contribution in [0.5, 0.6) is 0 Å². The molecule has 3 rings (SSSR count). The van der Waals surface area contributed by atoms with E-state index < -0.39 is 12.0 Å². The maximum atomic E-state index is 12.9. The van der Waals surface area contributed by atoms with Gasteiger partial charge in [0.05, 0.1) is 12.6 Å². The van der Waals surface area contributed by atoms with Crippen LogP contribution in [0.1, 0.15) is 16.7 Å². The normalized spacial score (nSPS) is 16.7. The van der Waals surface area contributed by atoms with Crippen molar-refractivity contribution in [2.24, 2.45) is 0 Å². The summed E-state index contributed by atoms with van der Waals surface area (Å²) in [6.07, 6.45) is 1.08. The van der Waals surface area contributed by atoms with Gasteiger partial charge >= 0.3 is 5.97 Å². The van der Waals surface area contributed by atoms with Gasteiger partial charge in [0, 0.05) is 13.1 Å². The monoisotopic (exact) mass is 356 g/mol. The number of halogens is 1. The summed E-state index contributed by atoms with van der Waals surface area (Å²) in [5, 5.41) is 12.0. The molecule has 2 aromatic rings. The van der Waals surface area contributed by atoms with Crippen LogP contribution in [-0.4, -0.2) is 41.0 Å². The Balaban J connectivity index is 1.63. The SMILES string of the molecule is O=C(O)CN1Cc2ccccc2C[C@H]1C(=O)NCCc1ccc(F)cc1. The smallest absolute Gasteiger partial charge is 0.317 e. The highest BCUT2D eigenvalue weighted by molar-refractivity contribution is 5.83. The lowest BCUT2D eigenvalue weighted by atomic mass is 9.93. The number of nitrogens with zero attached hydrogens (tertiary/aromatic N) is 1. The molecule has 0 fully saturated rings. The Morgan fingerprint density at radius 1 is 1.12 bits per heavy atom. The summed E-state index contributed by atoms with van der Waals surface area (Å²) in [4.78, 5) is 25.5. The van der Waals surface area contributed by atoms with Crippen molar-refractivity contribution in [1.82, 2.24) is 10.2 Å². The van der Waals surface area contributed by atoms with Crippen molar-refractivity contribution >= 4 is 11.9 Å². The molecule has 0 aromatic heterocycles. The van der Waals surface area contributed by atoms with Gasteiger partial charge in [-0.3, -0.25) is 14.5 Å². The molecule has 0 saturated carbocycles. The van der Waals surface area contributed by atoms with E-state index >= 15 is 0 Å². The fraction of sp³-hybridized carbons (Fsp3) is 0.300. The highest BCUT2D eigenvalue weighted by atomic mass is 19.1. The summed E-state index contributed by atoms with van der Waals surface area (Å²) in [7, 11) is 0. The van der Waals surface area contributed by atoms with E-state index in [9.17, 15) is 14.0 Å². The van der Waals surface area contributed by atoms with Crippen LogP contribution in [0.2, 0.25) is 0 Å². The molecular weight excluding hydrogens is 335 g/mol. The van der Waals surface area contributed by atoms with Crippen LogP contribution in [-0.2, 0) is 29.0 Å². The number of carboxylic acids is 1. The van der Waals surface area contributed by atoms with E-state index in [-0.39, 0.29) is 18.3 Å². The van der Waals surface area contributed by atoms with E-state index in [1.54, 1.807) is 17.0 Å². The summed E-state index contributed by atoms with van der Waals surface area (Å²) < 4.78 is 12.9. The standard InChI is InChI=1S/C20H21FN2O3/c21-17-7-5-14(6-8-17)9-10-22-20(26)18-11-15-3-1-2-4-16(15)12-23(18)13-19(24)25/h1-8,18H,9-13H2,(H,22,26)(H,24,25)/t18-/m0/s1. The van der Waals surface area contributed by atoms with Crippen molar-refractivity contribution in [3.8, 4) is 0 Å².